The first-order valence-electron chi connectivity index (χ1n) is 4.83. The van der Waals surface area contributed by atoms with Crippen molar-refractivity contribution in [2.75, 3.05) is 6.54 Å². The highest BCUT2D eigenvalue weighted by Gasteiger charge is 2.07. The molecule has 2 rings (SSSR count). The topological polar surface area (TPSA) is 63.8 Å². The van der Waals surface area contributed by atoms with Crippen LogP contribution >= 0.6 is 0 Å². The average Bonchev–Trinajstić information content (AvgIpc) is 2.76. The largest absolute Gasteiger partial charge is 0.419 e. The van der Waals surface area contributed by atoms with E-state index in [1.54, 1.807) is 12.4 Å². The summed E-state index contributed by atoms with van der Waals surface area (Å²) < 4.78 is 5.45. The maximum absolute atomic E-state index is 5.45. The third kappa shape index (κ3) is 2.38. The van der Waals surface area contributed by atoms with Gasteiger partial charge < -0.3 is 9.73 Å². The maximum Gasteiger partial charge on any atom is 0.249 e. The highest BCUT2D eigenvalue weighted by molar-refractivity contribution is 5.49. The number of hydrogen-bond donors (Lipinski definition) is 1. The molecule has 0 bridgehead atoms. The molecule has 0 radical (unpaired) electrons. The Balaban J connectivity index is 2.14. The molecule has 2 aromatic heterocycles. The molecule has 0 atom stereocenters. The Morgan fingerprint density at radius 1 is 1.40 bits per heavy atom. The first-order valence-corrected chi connectivity index (χ1v) is 4.83. The van der Waals surface area contributed by atoms with Gasteiger partial charge in [-0.3, -0.25) is 4.98 Å². The number of nitrogens with zero attached hydrogens (tertiary/aromatic N) is 3. The molecule has 78 valence electrons. The van der Waals surface area contributed by atoms with Gasteiger partial charge in [0.05, 0.1) is 12.1 Å². The zero-order valence-electron chi connectivity index (χ0n) is 8.47. The molecule has 1 N–H and O–H groups in total. The molecule has 2 heterocycles. The smallest absolute Gasteiger partial charge is 0.249 e. The number of hydrogen-bond acceptors (Lipinski definition) is 5. The van der Waals surface area contributed by atoms with Crippen LogP contribution in [0.15, 0.2) is 28.9 Å². The molecule has 0 saturated heterocycles. The second-order valence-electron chi connectivity index (χ2n) is 3.02. The van der Waals surface area contributed by atoms with E-state index in [-0.39, 0.29) is 0 Å². The Morgan fingerprint density at radius 2 is 2.33 bits per heavy atom. The SMILES string of the molecule is CCNCc1nnc(-c2cccnc2)o1. The molecule has 0 spiro atoms. The van der Waals surface area contributed by atoms with Gasteiger partial charge in [-0.15, -0.1) is 10.2 Å². The summed E-state index contributed by atoms with van der Waals surface area (Å²) in [5, 5.41) is 11.0. The van der Waals surface area contributed by atoms with Crippen LogP contribution in [0, 0.1) is 0 Å². The van der Waals surface area contributed by atoms with Crippen molar-refractivity contribution in [3.05, 3.63) is 30.4 Å². The summed E-state index contributed by atoms with van der Waals surface area (Å²) in [5.41, 5.74) is 0.841. The van der Waals surface area contributed by atoms with Gasteiger partial charge in [-0.1, -0.05) is 6.92 Å². The van der Waals surface area contributed by atoms with Crippen LogP contribution in [0.3, 0.4) is 0 Å². The lowest BCUT2D eigenvalue weighted by Crippen LogP contribution is -2.11. The van der Waals surface area contributed by atoms with E-state index in [0.29, 0.717) is 18.3 Å². The first-order chi connectivity index (χ1) is 7.40. The lowest BCUT2D eigenvalue weighted by Gasteiger charge is -1.94. The summed E-state index contributed by atoms with van der Waals surface area (Å²) >= 11 is 0. The first kappa shape index (κ1) is 9.79. The maximum atomic E-state index is 5.45. The minimum atomic E-state index is 0.510. The zero-order valence-corrected chi connectivity index (χ0v) is 8.47. The molecule has 0 saturated carbocycles. The van der Waals surface area contributed by atoms with Crippen LogP contribution in [-0.2, 0) is 6.54 Å². The van der Waals surface area contributed by atoms with Gasteiger partial charge in [0.25, 0.3) is 0 Å². The Morgan fingerprint density at radius 3 is 3.07 bits per heavy atom. The number of pyridine rings is 1. The van der Waals surface area contributed by atoms with Crippen molar-refractivity contribution in [3.63, 3.8) is 0 Å². The Kier molecular flexibility index (Phi) is 3.04. The summed E-state index contributed by atoms with van der Waals surface area (Å²) in [5.74, 6) is 1.10. The Bertz CT molecular complexity index is 412. The van der Waals surface area contributed by atoms with Crippen LogP contribution in [0.25, 0.3) is 11.5 Å². The van der Waals surface area contributed by atoms with Crippen LogP contribution in [0.2, 0.25) is 0 Å². The van der Waals surface area contributed by atoms with Crippen molar-refractivity contribution < 1.29 is 4.42 Å². The Labute approximate surface area is 87.6 Å². The molecule has 0 unspecified atom stereocenters. The van der Waals surface area contributed by atoms with Gasteiger partial charge in [0.15, 0.2) is 0 Å². The van der Waals surface area contributed by atoms with E-state index in [4.69, 9.17) is 4.42 Å². The van der Waals surface area contributed by atoms with Crippen molar-refractivity contribution in [2.45, 2.75) is 13.5 Å². The van der Waals surface area contributed by atoms with E-state index in [1.807, 2.05) is 19.1 Å². The number of rotatable bonds is 4. The number of nitrogens with one attached hydrogen (secondary N) is 1. The van der Waals surface area contributed by atoms with E-state index in [1.165, 1.54) is 0 Å². The second kappa shape index (κ2) is 4.65. The fourth-order valence-electron chi connectivity index (χ4n) is 1.16. The molecular formula is C10H12N4O. The van der Waals surface area contributed by atoms with Crippen molar-refractivity contribution in [1.82, 2.24) is 20.5 Å². The minimum Gasteiger partial charge on any atom is -0.419 e. The molecule has 15 heavy (non-hydrogen) atoms. The minimum absolute atomic E-state index is 0.510. The lowest BCUT2D eigenvalue weighted by molar-refractivity contribution is 0.482. The lowest BCUT2D eigenvalue weighted by atomic mass is 10.3. The third-order valence-electron chi connectivity index (χ3n) is 1.90. The number of aromatic nitrogens is 3. The summed E-state index contributed by atoms with van der Waals surface area (Å²) in [4.78, 5) is 3.99. The summed E-state index contributed by atoms with van der Waals surface area (Å²) in [6.07, 6.45) is 3.41. The monoisotopic (exact) mass is 204 g/mol. The third-order valence-corrected chi connectivity index (χ3v) is 1.90. The normalized spacial score (nSPS) is 10.5. The van der Waals surface area contributed by atoms with Crippen LogP contribution in [-0.4, -0.2) is 21.7 Å². The standard InChI is InChI=1S/C10H12N4O/c1-2-11-7-9-13-14-10(15-9)8-4-3-5-12-6-8/h3-6,11H,2,7H2,1H3. The Hall–Kier alpha value is -1.75. The van der Waals surface area contributed by atoms with Gasteiger partial charge in [-0.25, -0.2) is 0 Å². The van der Waals surface area contributed by atoms with Crippen molar-refractivity contribution in [2.24, 2.45) is 0 Å². The molecule has 5 heteroatoms. The van der Waals surface area contributed by atoms with Crippen molar-refractivity contribution in [3.8, 4) is 11.5 Å². The van der Waals surface area contributed by atoms with Crippen LogP contribution in [0.5, 0.6) is 0 Å². The summed E-state index contributed by atoms with van der Waals surface area (Å²) in [6.45, 7) is 3.51. The molecule has 0 aromatic carbocycles. The molecule has 0 aliphatic carbocycles. The zero-order chi connectivity index (χ0) is 10.5. The van der Waals surface area contributed by atoms with Gasteiger partial charge in [0.1, 0.15) is 0 Å². The van der Waals surface area contributed by atoms with Gasteiger partial charge in [0.2, 0.25) is 11.8 Å². The highest BCUT2D eigenvalue weighted by atomic mass is 16.4. The summed E-state index contributed by atoms with van der Waals surface area (Å²) in [6, 6.07) is 3.72. The second-order valence-corrected chi connectivity index (χ2v) is 3.02. The van der Waals surface area contributed by atoms with E-state index in [2.05, 4.69) is 20.5 Å². The van der Waals surface area contributed by atoms with E-state index in [0.717, 1.165) is 12.1 Å². The quantitative estimate of drug-likeness (QED) is 0.811. The van der Waals surface area contributed by atoms with E-state index in [9.17, 15) is 0 Å². The molecule has 5 nitrogen and oxygen atoms in total. The summed E-state index contributed by atoms with van der Waals surface area (Å²) in [7, 11) is 0. The van der Waals surface area contributed by atoms with Crippen LogP contribution in [0.1, 0.15) is 12.8 Å². The average molecular weight is 204 g/mol. The van der Waals surface area contributed by atoms with Gasteiger partial charge in [0, 0.05) is 12.4 Å². The predicted octanol–water partition coefficient (Wildman–Crippen LogP) is 1.24. The molecule has 0 fully saturated rings. The molecule has 2 aromatic rings. The van der Waals surface area contributed by atoms with Gasteiger partial charge in [-0.2, -0.15) is 0 Å². The predicted molar refractivity (Wildman–Crippen MR) is 54.9 cm³/mol. The van der Waals surface area contributed by atoms with Crippen molar-refractivity contribution >= 4 is 0 Å². The molecular weight excluding hydrogens is 192 g/mol. The molecule has 0 aliphatic heterocycles. The fourth-order valence-corrected chi connectivity index (χ4v) is 1.16. The van der Waals surface area contributed by atoms with E-state index < -0.39 is 0 Å². The van der Waals surface area contributed by atoms with Crippen molar-refractivity contribution in [1.29, 1.82) is 0 Å². The fraction of sp³-hybridized carbons (Fsp3) is 0.300. The van der Waals surface area contributed by atoms with Gasteiger partial charge in [-0.05, 0) is 18.7 Å². The molecule has 0 aliphatic rings. The highest BCUT2D eigenvalue weighted by Crippen LogP contribution is 2.15. The van der Waals surface area contributed by atoms with Gasteiger partial charge >= 0.3 is 0 Å². The van der Waals surface area contributed by atoms with Crippen LogP contribution in [0.4, 0.5) is 0 Å². The van der Waals surface area contributed by atoms with Crippen LogP contribution < -0.4 is 5.32 Å². The molecule has 0 amide bonds. The van der Waals surface area contributed by atoms with E-state index >= 15 is 0 Å².